The molecule has 0 atom stereocenters. The Labute approximate surface area is 75.2 Å². The Kier molecular flexibility index (Phi) is 1.52. The van der Waals surface area contributed by atoms with E-state index in [0.29, 0.717) is 5.65 Å². The van der Waals surface area contributed by atoms with E-state index in [9.17, 15) is 4.39 Å². The van der Waals surface area contributed by atoms with Crippen LogP contribution in [0.2, 0.25) is 0 Å². The summed E-state index contributed by atoms with van der Waals surface area (Å²) in [6, 6.07) is 1.36. The second-order valence-electron chi connectivity index (χ2n) is 2.03. The molecule has 0 aliphatic heterocycles. The molecule has 0 amide bonds. The van der Waals surface area contributed by atoms with Crippen molar-refractivity contribution in [2.75, 3.05) is 0 Å². The van der Waals surface area contributed by atoms with Crippen LogP contribution < -0.4 is 0 Å². The van der Waals surface area contributed by atoms with Gasteiger partial charge >= 0.3 is 0 Å². The number of nitrogens with zero attached hydrogens (tertiary/aromatic N) is 2. The summed E-state index contributed by atoms with van der Waals surface area (Å²) in [5.41, 5.74) is 1.21. The van der Waals surface area contributed by atoms with Crippen molar-refractivity contribution in [2.45, 2.75) is 0 Å². The van der Waals surface area contributed by atoms with Gasteiger partial charge in [0, 0.05) is 9.64 Å². The van der Waals surface area contributed by atoms with Crippen molar-refractivity contribution in [3.8, 4) is 0 Å². The highest BCUT2D eigenvalue weighted by molar-refractivity contribution is 14.1. The number of hydrogen-bond donors (Lipinski definition) is 1. The van der Waals surface area contributed by atoms with Crippen molar-refractivity contribution in [1.82, 2.24) is 15.0 Å². The zero-order chi connectivity index (χ0) is 7.84. The van der Waals surface area contributed by atoms with Gasteiger partial charge < -0.3 is 4.98 Å². The van der Waals surface area contributed by atoms with E-state index in [0.717, 1.165) is 9.09 Å². The number of aromatic nitrogens is 3. The van der Waals surface area contributed by atoms with Crippen molar-refractivity contribution in [3.63, 3.8) is 0 Å². The molecule has 0 fully saturated rings. The van der Waals surface area contributed by atoms with Crippen LogP contribution in [0.4, 0.5) is 4.39 Å². The van der Waals surface area contributed by atoms with Gasteiger partial charge in [0.15, 0.2) is 5.65 Å². The Balaban J connectivity index is 2.91. The fraction of sp³-hybridized carbons (Fsp3) is 0. The third-order valence-corrected chi connectivity index (χ3v) is 2.17. The molecule has 0 saturated carbocycles. The summed E-state index contributed by atoms with van der Waals surface area (Å²) in [6.45, 7) is 0. The summed E-state index contributed by atoms with van der Waals surface area (Å²) < 4.78 is 13.4. The molecular formula is C6H3FIN3. The highest BCUT2D eigenvalue weighted by Gasteiger charge is 2.03. The number of rotatable bonds is 0. The quantitative estimate of drug-likeness (QED) is 0.580. The van der Waals surface area contributed by atoms with Gasteiger partial charge in [-0.2, -0.15) is 9.37 Å². The van der Waals surface area contributed by atoms with Crippen LogP contribution in [0.3, 0.4) is 0 Å². The van der Waals surface area contributed by atoms with Gasteiger partial charge in [-0.3, -0.25) is 0 Å². The number of H-pyrrole nitrogens is 1. The molecule has 1 N–H and O–H groups in total. The largest absolute Gasteiger partial charge is 0.342 e. The first kappa shape index (κ1) is 6.96. The van der Waals surface area contributed by atoms with Gasteiger partial charge in [0.25, 0.3) is 0 Å². The third-order valence-electron chi connectivity index (χ3n) is 1.32. The molecule has 11 heavy (non-hydrogen) atoms. The fourth-order valence-corrected chi connectivity index (χ4v) is 1.51. The summed E-state index contributed by atoms with van der Waals surface area (Å²) in [5.74, 6) is -0.492. The van der Waals surface area contributed by atoms with Crippen LogP contribution in [0.5, 0.6) is 0 Å². The summed E-state index contributed by atoms with van der Waals surface area (Å²) in [5, 5.41) is 0. The maximum atomic E-state index is 12.6. The van der Waals surface area contributed by atoms with Gasteiger partial charge in [0.05, 0.1) is 11.8 Å². The van der Waals surface area contributed by atoms with Crippen LogP contribution in [-0.2, 0) is 0 Å². The Hall–Kier alpha value is -0.720. The lowest BCUT2D eigenvalue weighted by Crippen LogP contribution is -1.86. The second-order valence-corrected chi connectivity index (χ2v) is 3.19. The molecule has 0 aliphatic rings. The number of hydrogen-bond acceptors (Lipinski definition) is 2. The maximum Gasteiger partial charge on any atom is 0.216 e. The Morgan fingerprint density at radius 1 is 1.55 bits per heavy atom. The number of pyridine rings is 1. The Morgan fingerprint density at radius 3 is 3.18 bits per heavy atom. The van der Waals surface area contributed by atoms with Crippen LogP contribution in [0.15, 0.2) is 12.4 Å². The maximum absolute atomic E-state index is 12.6. The van der Waals surface area contributed by atoms with E-state index in [2.05, 4.69) is 15.0 Å². The van der Waals surface area contributed by atoms with Crippen LogP contribution in [-0.4, -0.2) is 15.0 Å². The van der Waals surface area contributed by atoms with E-state index in [-0.39, 0.29) is 0 Å². The van der Waals surface area contributed by atoms with Gasteiger partial charge in [0.2, 0.25) is 5.95 Å². The molecular weight excluding hydrogens is 260 g/mol. The SMILES string of the molecule is Fc1cc(I)c2[nH]cnc2n1. The van der Waals surface area contributed by atoms with E-state index in [1.54, 1.807) is 0 Å². The molecule has 0 unspecified atom stereocenters. The molecule has 0 bridgehead atoms. The molecule has 2 heterocycles. The van der Waals surface area contributed by atoms with Crippen molar-refractivity contribution >= 4 is 33.8 Å². The molecule has 0 saturated heterocycles. The summed E-state index contributed by atoms with van der Waals surface area (Å²) >= 11 is 2.03. The molecule has 2 aromatic heterocycles. The average Bonchev–Trinajstić information content (AvgIpc) is 2.34. The normalized spacial score (nSPS) is 10.7. The molecule has 0 aliphatic carbocycles. The lowest BCUT2D eigenvalue weighted by molar-refractivity contribution is 0.587. The van der Waals surface area contributed by atoms with E-state index >= 15 is 0 Å². The van der Waals surface area contributed by atoms with E-state index in [1.165, 1.54) is 12.4 Å². The molecule has 56 valence electrons. The molecule has 0 aromatic carbocycles. The van der Waals surface area contributed by atoms with Gasteiger partial charge in [-0.25, -0.2) is 4.98 Å². The molecule has 2 aromatic rings. The minimum atomic E-state index is -0.492. The highest BCUT2D eigenvalue weighted by atomic mass is 127. The van der Waals surface area contributed by atoms with Gasteiger partial charge in [-0.1, -0.05) is 0 Å². The fourth-order valence-electron chi connectivity index (χ4n) is 0.858. The van der Waals surface area contributed by atoms with E-state index in [1.807, 2.05) is 22.6 Å². The number of nitrogens with one attached hydrogen (secondary N) is 1. The summed E-state index contributed by atoms with van der Waals surface area (Å²) in [6.07, 6.45) is 1.50. The standard InChI is InChI=1S/C6H3FIN3/c7-4-1-3(8)5-6(11-4)10-2-9-5/h1-2H,(H,9,10,11). The predicted octanol–water partition coefficient (Wildman–Crippen LogP) is 1.70. The van der Waals surface area contributed by atoms with Crippen molar-refractivity contribution in [2.24, 2.45) is 0 Å². The highest BCUT2D eigenvalue weighted by Crippen LogP contribution is 2.15. The third kappa shape index (κ3) is 1.09. The van der Waals surface area contributed by atoms with Gasteiger partial charge in [0.1, 0.15) is 0 Å². The summed E-state index contributed by atoms with van der Waals surface area (Å²) in [7, 11) is 0. The number of fused-ring (bicyclic) bond motifs is 1. The van der Waals surface area contributed by atoms with Crippen molar-refractivity contribution < 1.29 is 4.39 Å². The van der Waals surface area contributed by atoms with Gasteiger partial charge in [-0.05, 0) is 22.6 Å². The first-order valence-corrected chi connectivity index (χ1v) is 4.00. The first-order chi connectivity index (χ1) is 5.27. The summed E-state index contributed by atoms with van der Waals surface area (Å²) in [4.78, 5) is 10.3. The van der Waals surface area contributed by atoms with Crippen LogP contribution in [0.25, 0.3) is 11.2 Å². The van der Waals surface area contributed by atoms with E-state index < -0.39 is 5.95 Å². The lowest BCUT2D eigenvalue weighted by Gasteiger charge is -1.91. The molecule has 0 radical (unpaired) electrons. The van der Waals surface area contributed by atoms with Gasteiger partial charge in [-0.15, -0.1) is 0 Å². The second kappa shape index (κ2) is 2.40. The Bertz CT molecular complexity index is 398. The van der Waals surface area contributed by atoms with E-state index in [4.69, 9.17) is 0 Å². The number of aromatic amines is 1. The molecule has 3 nitrogen and oxygen atoms in total. The smallest absolute Gasteiger partial charge is 0.216 e. The number of halogens is 2. The molecule has 2 rings (SSSR count). The lowest BCUT2D eigenvalue weighted by atomic mass is 10.4. The average molecular weight is 263 g/mol. The Morgan fingerprint density at radius 2 is 2.36 bits per heavy atom. The van der Waals surface area contributed by atoms with Crippen LogP contribution in [0.1, 0.15) is 0 Å². The zero-order valence-electron chi connectivity index (χ0n) is 5.31. The minimum Gasteiger partial charge on any atom is -0.342 e. The monoisotopic (exact) mass is 263 g/mol. The molecule has 0 spiro atoms. The van der Waals surface area contributed by atoms with Crippen molar-refractivity contribution in [3.05, 3.63) is 21.9 Å². The topological polar surface area (TPSA) is 41.6 Å². The minimum absolute atomic E-state index is 0.425. The van der Waals surface area contributed by atoms with Crippen LogP contribution >= 0.6 is 22.6 Å². The van der Waals surface area contributed by atoms with Crippen LogP contribution in [0, 0.1) is 9.52 Å². The number of imidazole rings is 1. The molecule has 5 heteroatoms. The van der Waals surface area contributed by atoms with Crippen molar-refractivity contribution in [1.29, 1.82) is 0 Å². The zero-order valence-corrected chi connectivity index (χ0v) is 7.46. The first-order valence-electron chi connectivity index (χ1n) is 2.92. The predicted molar refractivity (Wildman–Crippen MR) is 46.6 cm³/mol.